The number of nitro benzene ring substituents is 1. The van der Waals surface area contributed by atoms with Crippen molar-refractivity contribution in [1.29, 1.82) is 0 Å². The normalized spacial score (nSPS) is 11.9. The molecule has 0 spiro atoms. The lowest BCUT2D eigenvalue weighted by molar-refractivity contribution is -0.384. The first kappa shape index (κ1) is 17.6. The SMILES string of the molecule is C[C@H](OC(=O)c1ccc([N+](=O)[O-])cc1Cl)c1nc2ccccc2c(=O)[nH]1. The van der Waals surface area contributed by atoms with Gasteiger partial charge in [-0.3, -0.25) is 14.9 Å². The number of hydrogen-bond donors (Lipinski definition) is 1. The minimum Gasteiger partial charge on any atom is -0.451 e. The van der Waals surface area contributed by atoms with E-state index in [9.17, 15) is 19.7 Å². The molecule has 0 bridgehead atoms. The zero-order valence-corrected chi connectivity index (χ0v) is 14.2. The van der Waals surface area contributed by atoms with Crippen molar-refractivity contribution in [2.24, 2.45) is 0 Å². The van der Waals surface area contributed by atoms with Crippen molar-refractivity contribution >= 4 is 34.2 Å². The third-order valence-electron chi connectivity index (χ3n) is 3.68. The van der Waals surface area contributed by atoms with Crippen molar-refractivity contribution in [1.82, 2.24) is 9.97 Å². The van der Waals surface area contributed by atoms with E-state index in [1.54, 1.807) is 31.2 Å². The molecule has 0 aliphatic heterocycles. The molecule has 0 amide bonds. The van der Waals surface area contributed by atoms with Crippen molar-refractivity contribution in [2.75, 3.05) is 0 Å². The van der Waals surface area contributed by atoms with Crippen LogP contribution in [-0.2, 0) is 4.74 Å². The quantitative estimate of drug-likeness (QED) is 0.425. The number of halogens is 1. The Morgan fingerprint density at radius 2 is 2.04 bits per heavy atom. The first-order chi connectivity index (χ1) is 12.4. The molecule has 1 aromatic heterocycles. The number of nitrogens with zero attached hydrogens (tertiary/aromatic N) is 2. The van der Waals surface area contributed by atoms with Crippen molar-refractivity contribution in [2.45, 2.75) is 13.0 Å². The van der Waals surface area contributed by atoms with E-state index in [0.717, 1.165) is 12.1 Å². The van der Waals surface area contributed by atoms with Crippen LogP contribution in [0.1, 0.15) is 29.2 Å². The van der Waals surface area contributed by atoms with Crippen LogP contribution in [0.3, 0.4) is 0 Å². The Labute approximate surface area is 151 Å². The molecule has 9 heteroatoms. The molecule has 2 aromatic carbocycles. The number of benzene rings is 2. The van der Waals surface area contributed by atoms with Crippen LogP contribution in [0.25, 0.3) is 10.9 Å². The maximum Gasteiger partial charge on any atom is 0.340 e. The van der Waals surface area contributed by atoms with Gasteiger partial charge in [-0.1, -0.05) is 23.7 Å². The molecule has 3 aromatic rings. The van der Waals surface area contributed by atoms with Crippen LogP contribution in [-0.4, -0.2) is 20.9 Å². The summed E-state index contributed by atoms with van der Waals surface area (Å²) in [7, 11) is 0. The van der Waals surface area contributed by atoms with Crippen LogP contribution < -0.4 is 5.56 Å². The lowest BCUT2D eigenvalue weighted by atomic mass is 10.2. The molecule has 132 valence electrons. The standard InChI is InChI=1S/C17H12ClN3O5/c1-9(15-19-14-5-3-2-4-12(14)16(22)20-15)26-17(23)11-7-6-10(21(24)25)8-13(11)18/h2-9H,1H3,(H,19,20,22)/t9-/m0/s1. The average Bonchev–Trinajstić information content (AvgIpc) is 2.61. The lowest BCUT2D eigenvalue weighted by Gasteiger charge is -2.13. The van der Waals surface area contributed by atoms with Crippen molar-refractivity contribution in [3.8, 4) is 0 Å². The highest BCUT2D eigenvalue weighted by atomic mass is 35.5. The molecule has 0 saturated carbocycles. The number of ether oxygens (including phenoxy) is 1. The topological polar surface area (TPSA) is 115 Å². The minimum absolute atomic E-state index is 0.0211. The molecular formula is C17H12ClN3O5. The molecule has 1 atom stereocenters. The number of nitrogens with one attached hydrogen (secondary N) is 1. The van der Waals surface area contributed by atoms with Crippen LogP contribution in [0.2, 0.25) is 5.02 Å². The summed E-state index contributed by atoms with van der Waals surface area (Å²) in [6.07, 6.45) is -0.855. The minimum atomic E-state index is -0.855. The maximum absolute atomic E-state index is 12.3. The number of fused-ring (bicyclic) bond motifs is 1. The number of carbonyl (C=O) groups is 1. The first-order valence-corrected chi connectivity index (χ1v) is 7.88. The van der Waals surface area contributed by atoms with E-state index in [4.69, 9.17) is 16.3 Å². The molecule has 0 unspecified atom stereocenters. The van der Waals surface area contributed by atoms with Crippen LogP contribution in [0.5, 0.6) is 0 Å². The number of rotatable bonds is 4. The van der Waals surface area contributed by atoms with Gasteiger partial charge in [-0.2, -0.15) is 0 Å². The second-order valence-corrected chi connectivity index (χ2v) is 5.84. The Bertz CT molecular complexity index is 1080. The van der Waals surface area contributed by atoms with Gasteiger partial charge in [-0.25, -0.2) is 9.78 Å². The maximum atomic E-state index is 12.3. The molecule has 26 heavy (non-hydrogen) atoms. The summed E-state index contributed by atoms with van der Waals surface area (Å²) in [5.74, 6) is -0.603. The van der Waals surface area contributed by atoms with Gasteiger partial charge in [0.1, 0.15) is 0 Å². The fourth-order valence-corrected chi connectivity index (χ4v) is 2.61. The van der Waals surface area contributed by atoms with Gasteiger partial charge in [0.05, 0.1) is 26.4 Å². The number of para-hydroxylation sites is 1. The van der Waals surface area contributed by atoms with Gasteiger partial charge in [-0.05, 0) is 25.1 Å². The molecule has 0 radical (unpaired) electrons. The molecule has 1 heterocycles. The Hall–Kier alpha value is -3.26. The highest BCUT2D eigenvalue weighted by Crippen LogP contribution is 2.25. The molecule has 0 aliphatic carbocycles. The summed E-state index contributed by atoms with van der Waals surface area (Å²) >= 11 is 5.92. The van der Waals surface area contributed by atoms with Gasteiger partial charge in [0.15, 0.2) is 11.9 Å². The van der Waals surface area contributed by atoms with E-state index in [1.165, 1.54) is 6.07 Å². The Morgan fingerprint density at radius 1 is 1.31 bits per heavy atom. The number of nitro groups is 1. The molecule has 3 rings (SSSR count). The predicted octanol–water partition coefficient (Wildman–Crippen LogP) is 3.40. The number of non-ortho nitro benzene ring substituents is 1. The summed E-state index contributed by atoms with van der Waals surface area (Å²) in [4.78, 5) is 41.4. The summed E-state index contributed by atoms with van der Waals surface area (Å²) < 4.78 is 5.28. The van der Waals surface area contributed by atoms with Gasteiger partial charge in [0.2, 0.25) is 0 Å². The first-order valence-electron chi connectivity index (χ1n) is 7.50. The predicted molar refractivity (Wildman–Crippen MR) is 94.3 cm³/mol. The second-order valence-electron chi connectivity index (χ2n) is 5.44. The summed E-state index contributed by atoms with van der Waals surface area (Å²) in [6, 6.07) is 10.2. The molecule has 0 saturated heterocycles. The smallest absolute Gasteiger partial charge is 0.340 e. The number of carbonyl (C=O) groups excluding carboxylic acids is 1. The summed E-state index contributed by atoms with van der Waals surface area (Å²) in [5.41, 5.74) is -0.128. The number of aromatic nitrogens is 2. The van der Waals surface area contributed by atoms with E-state index in [1.807, 2.05) is 0 Å². The monoisotopic (exact) mass is 373 g/mol. The number of aromatic amines is 1. The van der Waals surface area contributed by atoms with E-state index >= 15 is 0 Å². The fraction of sp³-hybridized carbons (Fsp3) is 0.118. The van der Waals surface area contributed by atoms with Gasteiger partial charge >= 0.3 is 5.97 Å². The van der Waals surface area contributed by atoms with E-state index in [2.05, 4.69) is 9.97 Å². The Morgan fingerprint density at radius 3 is 2.73 bits per heavy atom. The van der Waals surface area contributed by atoms with Crippen LogP contribution in [0.15, 0.2) is 47.3 Å². The van der Waals surface area contributed by atoms with Crippen LogP contribution >= 0.6 is 11.6 Å². The van der Waals surface area contributed by atoms with E-state index < -0.39 is 17.0 Å². The molecule has 0 aliphatic rings. The second kappa shape index (κ2) is 6.93. The molecular weight excluding hydrogens is 362 g/mol. The fourth-order valence-electron chi connectivity index (χ4n) is 2.36. The highest BCUT2D eigenvalue weighted by molar-refractivity contribution is 6.33. The van der Waals surface area contributed by atoms with E-state index in [-0.39, 0.29) is 27.7 Å². The molecule has 8 nitrogen and oxygen atoms in total. The largest absolute Gasteiger partial charge is 0.451 e. The van der Waals surface area contributed by atoms with Crippen molar-refractivity contribution in [3.05, 3.63) is 79.3 Å². The van der Waals surface area contributed by atoms with Gasteiger partial charge in [0, 0.05) is 12.1 Å². The number of esters is 1. The third-order valence-corrected chi connectivity index (χ3v) is 4.00. The van der Waals surface area contributed by atoms with Crippen LogP contribution in [0, 0.1) is 10.1 Å². The van der Waals surface area contributed by atoms with Crippen molar-refractivity contribution < 1.29 is 14.5 Å². The van der Waals surface area contributed by atoms with Gasteiger partial charge in [0.25, 0.3) is 11.2 Å². The molecule has 0 fully saturated rings. The number of H-pyrrole nitrogens is 1. The van der Waals surface area contributed by atoms with Crippen LogP contribution in [0.4, 0.5) is 5.69 Å². The number of hydrogen-bond acceptors (Lipinski definition) is 6. The van der Waals surface area contributed by atoms with Gasteiger partial charge in [-0.15, -0.1) is 0 Å². The summed E-state index contributed by atoms with van der Waals surface area (Å²) in [5, 5.41) is 11.0. The van der Waals surface area contributed by atoms with Crippen molar-refractivity contribution in [3.63, 3.8) is 0 Å². The molecule has 1 N–H and O–H groups in total. The summed E-state index contributed by atoms with van der Waals surface area (Å²) in [6.45, 7) is 1.55. The van der Waals surface area contributed by atoms with Gasteiger partial charge < -0.3 is 9.72 Å². The highest BCUT2D eigenvalue weighted by Gasteiger charge is 2.20. The average molecular weight is 374 g/mol. The van der Waals surface area contributed by atoms with E-state index in [0.29, 0.717) is 10.9 Å². The third kappa shape index (κ3) is 3.40. The Balaban J connectivity index is 1.86. The zero-order chi connectivity index (χ0) is 18.8. The zero-order valence-electron chi connectivity index (χ0n) is 13.4. The lowest BCUT2D eigenvalue weighted by Crippen LogP contribution is -2.17. The Kier molecular flexibility index (Phi) is 4.68.